The number of nitrogens with zero attached hydrogens (tertiary/aromatic N) is 3. The van der Waals surface area contributed by atoms with Crippen LogP contribution in [0.2, 0.25) is 0 Å². The topological polar surface area (TPSA) is 30.7 Å². The fourth-order valence-electron chi connectivity index (χ4n) is 8.96. The summed E-state index contributed by atoms with van der Waals surface area (Å²) in [5.41, 5.74) is 12.8. The molecule has 2 heterocycles. The maximum absolute atomic E-state index is 5.33. The van der Waals surface area contributed by atoms with E-state index in [-0.39, 0.29) is 5.41 Å². The van der Waals surface area contributed by atoms with Crippen molar-refractivity contribution < 1.29 is 0 Å². The van der Waals surface area contributed by atoms with Gasteiger partial charge in [-0.1, -0.05) is 141 Å². The van der Waals surface area contributed by atoms with E-state index in [1.54, 1.807) is 0 Å². The minimum Gasteiger partial charge on any atom is -0.309 e. The van der Waals surface area contributed by atoms with Crippen molar-refractivity contribution in [1.29, 1.82) is 0 Å². The lowest BCUT2D eigenvalue weighted by atomic mass is 9.80. The maximum Gasteiger partial charge on any atom is 0.160 e. The molecule has 244 valence electrons. The van der Waals surface area contributed by atoms with Crippen LogP contribution >= 0.6 is 0 Å². The Morgan fingerprint density at radius 1 is 0.462 bits per heavy atom. The van der Waals surface area contributed by atoms with Gasteiger partial charge in [-0.15, -0.1) is 0 Å². The van der Waals surface area contributed by atoms with Gasteiger partial charge in [0.15, 0.2) is 5.82 Å². The van der Waals surface area contributed by atoms with Gasteiger partial charge in [-0.25, -0.2) is 9.97 Å². The lowest BCUT2D eigenvalue weighted by Crippen LogP contribution is -2.15. The molecule has 52 heavy (non-hydrogen) atoms. The molecule has 0 N–H and O–H groups in total. The Labute approximate surface area is 301 Å². The van der Waals surface area contributed by atoms with Crippen molar-refractivity contribution in [2.24, 2.45) is 0 Å². The molecule has 0 spiro atoms. The Kier molecular flexibility index (Phi) is 6.01. The molecule has 1 aliphatic rings. The summed E-state index contributed by atoms with van der Waals surface area (Å²) in [7, 11) is 0. The van der Waals surface area contributed by atoms with Crippen LogP contribution in [0.5, 0.6) is 0 Å². The van der Waals surface area contributed by atoms with Gasteiger partial charge in [0, 0.05) is 38.4 Å². The van der Waals surface area contributed by atoms with E-state index in [2.05, 4.69) is 182 Å². The largest absolute Gasteiger partial charge is 0.309 e. The van der Waals surface area contributed by atoms with E-state index in [0.717, 1.165) is 33.4 Å². The molecular formula is C49H33N3. The quantitative estimate of drug-likeness (QED) is 0.188. The molecule has 0 aliphatic heterocycles. The van der Waals surface area contributed by atoms with Crippen LogP contribution in [0.1, 0.15) is 25.0 Å². The van der Waals surface area contributed by atoms with E-state index in [4.69, 9.17) is 9.97 Å². The zero-order valence-corrected chi connectivity index (χ0v) is 28.9. The number of fused-ring (bicyclic) bond motifs is 10. The summed E-state index contributed by atoms with van der Waals surface area (Å²) in [5.74, 6) is 0.716. The normalized spacial score (nSPS) is 13.3. The van der Waals surface area contributed by atoms with Gasteiger partial charge in [0.1, 0.15) is 0 Å². The number of hydrogen-bond acceptors (Lipinski definition) is 2. The van der Waals surface area contributed by atoms with E-state index in [9.17, 15) is 0 Å². The van der Waals surface area contributed by atoms with Crippen LogP contribution in [0, 0.1) is 0 Å². The highest BCUT2D eigenvalue weighted by Crippen LogP contribution is 2.53. The van der Waals surface area contributed by atoms with Crippen molar-refractivity contribution in [3.8, 4) is 39.5 Å². The van der Waals surface area contributed by atoms with Crippen molar-refractivity contribution in [1.82, 2.24) is 14.5 Å². The molecule has 0 fully saturated rings. The van der Waals surface area contributed by atoms with E-state index in [0.29, 0.717) is 5.82 Å². The average molecular weight is 664 g/mol. The predicted octanol–water partition coefficient (Wildman–Crippen LogP) is 12.7. The van der Waals surface area contributed by atoms with Gasteiger partial charge in [-0.05, 0) is 80.2 Å². The first-order chi connectivity index (χ1) is 25.5. The van der Waals surface area contributed by atoms with Crippen molar-refractivity contribution in [2.45, 2.75) is 19.3 Å². The molecule has 3 nitrogen and oxygen atoms in total. The van der Waals surface area contributed by atoms with Gasteiger partial charge in [0.25, 0.3) is 0 Å². The smallest absolute Gasteiger partial charge is 0.160 e. The van der Waals surface area contributed by atoms with Crippen LogP contribution in [0.4, 0.5) is 0 Å². The summed E-state index contributed by atoms with van der Waals surface area (Å²) in [6, 6.07) is 59.2. The number of benzene rings is 8. The van der Waals surface area contributed by atoms with Crippen LogP contribution in [-0.2, 0) is 5.41 Å². The molecule has 0 saturated carbocycles. The van der Waals surface area contributed by atoms with Crippen molar-refractivity contribution in [3.63, 3.8) is 0 Å². The van der Waals surface area contributed by atoms with E-state index < -0.39 is 0 Å². The summed E-state index contributed by atoms with van der Waals surface area (Å²) in [4.78, 5) is 10.5. The van der Waals surface area contributed by atoms with Crippen LogP contribution < -0.4 is 0 Å². The number of rotatable bonds is 3. The van der Waals surface area contributed by atoms with E-state index in [1.807, 2.05) is 0 Å². The van der Waals surface area contributed by atoms with Crippen molar-refractivity contribution in [2.75, 3.05) is 0 Å². The summed E-state index contributed by atoms with van der Waals surface area (Å²) in [5, 5.41) is 8.57. The minimum atomic E-state index is -0.153. The third kappa shape index (κ3) is 4.08. The Hall–Kier alpha value is -6.58. The molecule has 0 unspecified atom stereocenters. The zero-order valence-electron chi connectivity index (χ0n) is 28.9. The number of aromatic nitrogens is 3. The van der Waals surface area contributed by atoms with Crippen LogP contribution in [0.3, 0.4) is 0 Å². The Balaban J connectivity index is 1.13. The third-order valence-corrected chi connectivity index (χ3v) is 11.3. The molecule has 11 rings (SSSR count). The Bertz CT molecular complexity index is 3100. The highest BCUT2D eigenvalue weighted by atomic mass is 15.0. The first kappa shape index (κ1) is 29.2. The first-order valence-corrected chi connectivity index (χ1v) is 18.0. The standard InChI is InChI=1S/C49H33N3/c1-49(2)42-29-45-41(28-40(42)37-26-25-31-14-4-6-19-35(31)46(37)49)36-20-8-10-24-44(36)52(45)33-17-11-16-32(27-33)48-50-43-23-9-7-21-39(43)47(51-48)38-22-12-15-30-13-3-5-18-34(30)38/h3-29H,1-2H3. The lowest BCUT2D eigenvalue weighted by Gasteiger charge is -2.23. The van der Waals surface area contributed by atoms with Gasteiger partial charge in [0.05, 0.1) is 22.2 Å². The van der Waals surface area contributed by atoms with Gasteiger partial charge in [-0.2, -0.15) is 0 Å². The molecule has 2 aromatic heterocycles. The summed E-state index contributed by atoms with van der Waals surface area (Å²) < 4.78 is 2.43. The Morgan fingerprint density at radius 2 is 1.15 bits per heavy atom. The maximum atomic E-state index is 5.33. The molecule has 10 aromatic rings. The molecule has 0 atom stereocenters. The number of para-hydroxylation sites is 2. The van der Waals surface area contributed by atoms with Crippen LogP contribution in [0.15, 0.2) is 164 Å². The second-order valence-electron chi connectivity index (χ2n) is 14.6. The SMILES string of the molecule is CC1(C)c2cc3c(cc2-c2ccc4ccccc4c21)c1ccccc1n3-c1cccc(-c2nc(-c3cccc4ccccc34)c3ccccc3n2)c1. The summed E-state index contributed by atoms with van der Waals surface area (Å²) in [6.07, 6.45) is 0. The molecule has 0 bridgehead atoms. The summed E-state index contributed by atoms with van der Waals surface area (Å²) in [6.45, 7) is 4.77. The zero-order chi connectivity index (χ0) is 34.6. The fraction of sp³-hybridized carbons (Fsp3) is 0.0612. The highest BCUT2D eigenvalue weighted by Gasteiger charge is 2.37. The number of hydrogen-bond donors (Lipinski definition) is 0. The van der Waals surface area contributed by atoms with Gasteiger partial charge in [-0.3, -0.25) is 0 Å². The molecule has 1 aliphatic carbocycles. The summed E-state index contributed by atoms with van der Waals surface area (Å²) >= 11 is 0. The van der Waals surface area contributed by atoms with Crippen molar-refractivity contribution >= 4 is 54.3 Å². The fourth-order valence-corrected chi connectivity index (χ4v) is 8.96. The van der Waals surface area contributed by atoms with Crippen molar-refractivity contribution in [3.05, 3.63) is 175 Å². The van der Waals surface area contributed by atoms with E-state index >= 15 is 0 Å². The minimum absolute atomic E-state index is 0.153. The van der Waals surface area contributed by atoms with Gasteiger partial charge in [0.2, 0.25) is 0 Å². The molecule has 0 amide bonds. The second-order valence-corrected chi connectivity index (χ2v) is 14.6. The monoisotopic (exact) mass is 663 g/mol. The Morgan fingerprint density at radius 3 is 2.02 bits per heavy atom. The highest BCUT2D eigenvalue weighted by molar-refractivity contribution is 6.12. The average Bonchev–Trinajstić information content (AvgIpc) is 3.64. The molecule has 8 aromatic carbocycles. The molecule has 0 radical (unpaired) electrons. The van der Waals surface area contributed by atoms with Crippen LogP contribution in [0.25, 0.3) is 93.7 Å². The lowest BCUT2D eigenvalue weighted by molar-refractivity contribution is 0.667. The van der Waals surface area contributed by atoms with Gasteiger partial charge >= 0.3 is 0 Å². The molecule has 0 saturated heterocycles. The third-order valence-electron chi connectivity index (χ3n) is 11.3. The van der Waals surface area contributed by atoms with E-state index in [1.165, 1.54) is 65.6 Å². The second kappa shape index (κ2) is 10.7. The first-order valence-electron chi connectivity index (χ1n) is 18.0. The molecular weight excluding hydrogens is 631 g/mol. The predicted molar refractivity (Wildman–Crippen MR) is 217 cm³/mol. The van der Waals surface area contributed by atoms with Crippen LogP contribution in [-0.4, -0.2) is 14.5 Å². The van der Waals surface area contributed by atoms with Gasteiger partial charge < -0.3 is 4.57 Å². The molecule has 3 heteroatoms.